The Hall–Kier alpha value is -2.88. The van der Waals surface area contributed by atoms with E-state index in [9.17, 15) is 14.7 Å². The summed E-state index contributed by atoms with van der Waals surface area (Å²) < 4.78 is 5.21. The number of rotatable bonds is 4. The molecule has 1 N–H and O–H groups in total. The van der Waals surface area contributed by atoms with Crippen LogP contribution in [-0.2, 0) is 10.2 Å². The van der Waals surface area contributed by atoms with Crippen molar-refractivity contribution in [2.24, 2.45) is 0 Å². The molecule has 2 aromatic carbocycles. The molecule has 0 radical (unpaired) electrons. The second-order valence-electron chi connectivity index (χ2n) is 6.44. The highest BCUT2D eigenvalue weighted by molar-refractivity contribution is 6.11. The van der Waals surface area contributed by atoms with E-state index in [4.69, 9.17) is 4.74 Å². The van der Waals surface area contributed by atoms with Crippen LogP contribution in [0.15, 0.2) is 55.1 Å². The van der Waals surface area contributed by atoms with Gasteiger partial charge in [-0.2, -0.15) is 0 Å². The van der Waals surface area contributed by atoms with Gasteiger partial charge in [0.25, 0.3) is 0 Å². The number of hydrogen-bond acceptors (Lipinski definition) is 4. The lowest BCUT2D eigenvalue weighted by molar-refractivity contribution is -0.129. The summed E-state index contributed by atoms with van der Waals surface area (Å²) in [5, 5.41) is 10.3. The van der Waals surface area contributed by atoms with E-state index in [1.54, 1.807) is 30.3 Å². The molecule has 0 unspecified atom stereocenters. The number of hydrogen-bond donors (Lipinski definition) is 1. The Morgan fingerprint density at radius 3 is 2.29 bits per heavy atom. The molecule has 0 fully saturated rings. The van der Waals surface area contributed by atoms with Crippen LogP contribution in [0.2, 0.25) is 0 Å². The van der Waals surface area contributed by atoms with Gasteiger partial charge >= 0.3 is 5.97 Å². The quantitative estimate of drug-likeness (QED) is 0.399. The number of ether oxygens (including phenoxy) is 1. The summed E-state index contributed by atoms with van der Waals surface area (Å²) in [6.07, 6.45) is 1.05. The van der Waals surface area contributed by atoms with E-state index < -0.39 is 11.4 Å². The summed E-state index contributed by atoms with van der Waals surface area (Å²) in [4.78, 5) is 24.2. The number of carbonyl (C=O) groups excluding carboxylic acids is 2. The Bertz CT molecular complexity index is 783. The van der Waals surface area contributed by atoms with Crippen molar-refractivity contribution in [3.05, 3.63) is 71.8 Å². The lowest BCUT2D eigenvalue weighted by Gasteiger charge is -2.23. The Morgan fingerprint density at radius 1 is 1.12 bits per heavy atom. The molecule has 0 aliphatic carbocycles. The minimum absolute atomic E-state index is 0.171. The highest BCUT2D eigenvalue weighted by atomic mass is 16.5. The van der Waals surface area contributed by atoms with Crippen LogP contribution < -0.4 is 4.74 Å². The van der Waals surface area contributed by atoms with Crippen molar-refractivity contribution in [3.8, 4) is 11.5 Å². The molecule has 0 aromatic heterocycles. The average Bonchev–Trinajstić information content (AvgIpc) is 2.54. The fourth-order valence-corrected chi connectivity index (χ4v) is 2.32. The average molecular weight is 324 g/mol. The number of benzene rings is 2. The van der Waals surface area contributed by atoms with Gasteiger partial charge in [-0.1, -0.05) is 57.7 Å². The van der Waals surface area contributed by atoms with Gasteiger partial charge in [0.2, 0.25) is 0 Å². The predicted molar refractivity (Wildman–Crippen MR) is 92.5 cm³/mol. The Morgan fingerprint density at radius 2 is 1.75 bits per heavy atom. The molecule has 0 aliphatic heterocycles. The van der Waals surface area contributed by atoms with Crippen molar-refractivity contribution in [2.75, 3.05) is 0 Å². The standard InChI is InChI=1S/C20H20O4/c1-5-18(22)24-17-12-16(21)14(11-15(17)20(2,3)4)19(23)13-9-7-6-8-10-13/h5-12,21H,1H2,2-4H3. The van der Waals surface area contributed by atoms with Gasteiger partial charge in [0.15, 0.2) is 5.78 Å². The maximum absolute atomic E-state index is 12.7. The highest BCUT2D eigenvalue weighted by Crippen LogP contribution is 2.37. The third-order valence-electron chi connectivity index (χ3n) is 3.56. The Kier molecular flexibility index (Phi) is 4.88. The first-order chi connectivity index (χ1) is 11.2. The van der Waals surface area contributed by atoms with Crippen molar-refractivity contribution >= 4 is 11.8 Å². The van der Waals surface area contributed by atoms with Gasteiger partial charge in [-0.05, 0) is 11.5 Å². The first-order valence-corrected chi connectivity index (χ1v) is 7.55. The van der Waals surface area contributed by atoms with Crippen LogP contribution in [0.5, 0.6) is 11.5 Å². The zero-order chi connectivity index (χ0) is 17.9. The highest BCUT2D eigenvalue weighted by Gasteiger charge is 2.25. The maximum atomic E-state index is 12.7. The third-order valence-corrected chi connectivity index (χ3v) is 3.56. The fraction of sp³-hybridized carbons (Fsp3) is 0.200. The molecule has 2 rings (SSSR count). The molecule has 0 atom stereocenters. The van der Waals surface area contributed by atoms with Gasteiger partial charge < -0.3 is 9.84 Å². The lowest BCUT2D eigenvalue weighted by atomic mass is 9.84. The van der Waals surface area contributed by atoms with Gasteiger partial charge in [0.1, 0.15) is 11.5 Å². The summed E-state index contributed by atoms with van der Waals surface area (Å²) in [7, 11) is 0. The molecule has 0 saturated carbocycles. The van der Waals surface area contributed by atoms with Crippen LogP contribution in [0, 0.1) is 0 Å². The Balaban J connectivity index is 2.57. The van der Waals surface area contributed by atoms with E-state index in [0.717, 1.165) is 6.08 Å². The molecule has 0 saturated heterocycles. The molecular weight excluding hydrogens is 304 g/mol. The van der Waals surface area contributed by atoms with Gasteiger partial charge in [-0.25, -0.2) is 4.79 Å². The minimum atomic E-state index is -0.623. The van der Waals surface area contributed by atoms with E-state index in [-0.39, 0.29) is 22.8 Å². The number of carbonyl (C=O) groups is 2. The van der Waals surface area contributed by atoms with Gasteiger partial charge in [-0.3, -0.25) is 4.79 Å². The van der Waals surface area contributed by atoms with E-state index in [0.29, 0.717) is 11.1 Å². The van der Waals surface area contributed by atoms with E-state index in [1.807, 2.05) is 26.8 Å². The van der Waals surface area contributed by atoms with Crippen LogP contribution in [0.4, 0.5) is 0 Å². The maximum Gasteiger partial charge on any atom is 0.335 e. The zero-order valence-corrected chi connectivity index (χ0v) is 14.0. The van der Waals surface area contributed by atoms with Gasteiger partial charge in [-0.15, -0.1) is 0 Å². The first-order valence-electron chi connectivity index (χ1n) is 7.55. The van der Waals surface area contributed by atoms with Gasteiger partial charge in [0.05, 0.1) is 5.56 Å². The van der Waals surface area contributed by atoms with E-state index in [1.165, 1.54) is 6.07 Å². The van der Waals surface area contributed by atoms with Crippen LogP contribution in [-0.4, -0.2) is 16.9 Å². The molecule has 4 heteroatoms. The molecule has 0 aliphatic rings. The van der Waals surface area contributed by atoms with E-state index >= 15 is 0 Å². The molecule has 4 nitrogen and oxygen atoms in total. The molecule has 24 heavy (non-hydrogen) atoms. The van der Waals surface area contributed by atoms with Crippen LogP contribution in [0.3, 0.4) is 0 Å². The number of phenols is 1. The largest absolute Gasteiger partial charge is 0.507 e. The summed E-state index contributed by atoms with van der Waals surface area (Å²) in [5.74, 6) is -0.930. The molecular formula is C20H20O4. The van der Waals surface area contributed by atoms with Crippen molar-refractivity contribution < 1.29 is 19.4 Å². The summed E-state index contributed by atoms with van der Waals surface area (Å²) in [5.41, 5.74) is 0.902. The van der Waals surface area contributed by atoms with Crippen LogP contribution in [0.25, 0.3) is 0 Å². The van der Waals surface area contributed by atoms with Crippen LogP contribution >= 0.6 is 0 Å². The molecule has 124 valence electrons. The molecule has 0 bridgehead atoms. The SMILES string of the molecule is C=CC(=O)Oc1cc(O)c(C(=O)c2ccccc2)cc1C(C)(C)C. The summed E-state index contributed by atoms with van der Waals surface area (Å²) in [6.45, 7) is 9.16. The topological polar surface area (TPSA) is 63.6 Å². The van der Waals surface area contributed by atoms with E-state index in [2.05, 4.69) is 6.58 Å². The Labute approximate surface area is 141 Å². The normalized spacial score (nSPS) is 11.0. The minimum Gasteiger partial charge on any atom is -0.507 e. The smallest absolute Gasteiger partial charge is 0.335 e. The van der Waals surface area contributed by atoms with Crippen molar-refractivity contribution in [2.45, 2.75) is 26.2 Å². The second-order valence-corrected chi connectivity index (χ2v) is 6.44. The number of phenolic OH excluding ortho intramolecular Hbond substituents is 1. The lowest BCUT2D eigenvalue weighted by Crippen LogP contribution is -2.17. The monoisotopic (exact) mass is 324 g/mol. The molecule has 2 aromatic rings. The zero-order valence-electron chi connectivity index (χ0n) is 14.0. The van der Waals surface area contributed by atoms with Crippen molar-refractivity contribution in [1.29, 1.82) is 0 Å². The summed E-state index contributed by atoms with van der Waals surface area (Å²) >= 11 is 0. The fourth-order valence-electron chi connectivity index (χ4n) is 2.32. The third kappa shape index (κ3) is 3.71. The van der Waals surface area contributed by atoms with Gasteiger partial charge in [0, 0.05) is 23.3 Å². The second kappa shape index (κ2) is 6.71. The number of esters is 1. The van der Waals surface area contributed by atoms with Crippen molar-refractivity contribution in [1.82, 2.24) is 0 Å². The molecule has 0 heterocycles. The van der Waals surface area contributed by atoms with Crippen LogP contribution in [0.1, 0.15) is 42.3 Å². The predicted octanol–water partition coefficient (Wildman–Crippen LogP) is 4.01. The first kappa shape index (κ1) is 17.5. The summed E-state index contributed by atoms with van der Waals surface area (Å²) in [6, 6.07) is 11.6. The molecule has 0 spiro atoms. The molecule has 0 amide bonds. The number of aromatic hydroxyl groups is 1. The van der Waals surface area contributed by atoms with Crippen molar-refractivity contribution in [3.63, 3.8) is 0 Å². The number of ketones is 1.